The maximum Gasteiger partial charge on any atom is 0.336 e. The Kier molecular flexibility index (Phi) is 3.93. The van der Waals surface area contributed by atoms with Gasteiger partial charge in [0.15, 0.2) is 11.6 Å². The molecule has 0 unspecified atom stereocenters. The quantitative estimate of drug-likeness (QED) is 0.914. The Bertz CT molecular complexity index is 731. The summed E-state index contributed by atoms with van der Waals surface area (Å²) in [6.07, 6.45) is 0. The van der Waals surface area contributed by atoms with Crippen LogP contribution in [0.15, 0.2) is 36.4 Å². The van der Waals surface area contributed by atoms with Crippen molar-refractivity contribution in [2.45, 2.75) is 0 Å². The minimum atomic E-state index is -1.58. The Morgan fingerprint density at radius 2 is 1.57 bits per heavy atom. The van der Waals surface area contributed by atoms with Crippen molar-refractivity contribution >= 4 is 17.6 Å². The molecule has 108 valence electrons. The summed E-state index contributed by atoms with van der Waals surface area (Å²) in [6, 6.07) is 5.73. The second-order valence-corrected chi connectivity index (χ2v) is 4.08. The lowest BCUT2D eigenvalue weighted by Gasteiger charge is -2.08. The maximum absolute atomic E-state index is 13.2. The third kappa shape index (κ3) is 3.19. The number of carboxylic acids is 1. The molecule has 21 heavy (non-hydrogen) atoms. The number of amides is 1. The molecule has 0 aliphatic rings. The average Bonchev–Trinajstić information content (AvgIpc) is 2.41. The second-order valence-electron chi connectivity index (χ2n) is 4.08. The Morgan fingerprint density at radius 1 is 0.952 bits per heavy atom. The molecule has 7 heteroatoms. The molecular weight excluding hydrogens is 287 g/mol. The van der Waals surface area contributed by atoms with Gasteiger partial charge < -0.3 is 10.4 Å². The highest BCUT2D eigenvalue weighted by Gasteiger charge is 2.20. The summed E-state index contributed by atoms with van der Waals surface area (Å²) >= 11 is 0. The highest BCUT2D eigenvalue weighted by molar-refractivity contribution is 6.10. The van der Waals surface area contributed by atoms with E-state index in [0.29, 0.717) is 12.1 Å². The maximum atomic E-state index is 13.2. The summed E-state index contributed by atoms with van der Waals surface area (Å²) in [4.78, 5) is 22.9. The topological polar surface area (TPSA) is 66.4 Å². The number of hydrogen-bond donors (Lipinski definition) is 2. The highest BCUT2D eigenvalue weighted by Crippen LogP contribution is 2.18. The minimum Gasteiger partial charge on any atom is -0.478 e. The standard InChI is InChI=1S/C14H8F3NO3/c15-7-2-1-3-8(4-7)18-13(19)9-5-11(16)12(17)6-10(9)14(20)21/h1-6H,(H,18,19)(H,20,21). The van der Waals surface area contributed by atoms with Gasteiger partial charge >= 0.3 is 5.97 Å². The van der Waals surface area contributed by atoms with Crippen molar-refractivity contribution in [1.82, 2.24) is 0 Å². The van der Waals surface area contributed by atoms with Crippen molar-refractivity contribution in [3.05, 3.63) is 65.0 Å². The lowest BCUT2D eigenvalue weighted by atomic mass is 10.1. The normalized spacial score (nSPS) is 10.2. The first kappa shape index (κ1) is 14.6. The van der Waals surface area contributed by atoms with Gasteiger partial charge in [-0.2, -0.15) is 0 Å². The van der Waals surface area contributed by atoms with Gasteiger partial charge in [0.05, 0.1) is 11.1 Å². The van der Waals surface area contributed by atoms with E-state index < -0.39 is 40.5 Å². The molecule has 1 amide bonds. The van der Waals surface area contributed by atoms with Crippen molar-refractivity contribution in [3.63, 3.8) is 0 Å². The van der Waals surface area contributed by atoms with Gasteiger partial charge in [-0.15, -0.1) is 0 Å². The fraction of sp³-hybridized carbons (Fsp3) is 0. The molecule has 0 heterocycles. The lowest BCUT2D eigenvalue weighted by molar-refractivity contribution is 0.0691. The summed E-state index contributed by atoms with van der Waals surface area (Å²) in [5, 5.41) is 11.1. The predicted molar refractivity (Wildman–Crippen MR) is 67.7 cm³/mol. The van der Waals surface area contributed by atoms with Crippen LogP contribution in [0, 0.1) is 17.5 Å². The van der Waals surface area contributed by atoms with Crippen LogP contribution in [0.2, 0.25) is 0 Å². The highest BCUT2D eigenvalue weighted by atomic mass is 19.2. The third-order valence-electron chi connectivity index (χ3n) is 2.62. The number of carbonyl (C=O) groups is 2. The molecule has 2 N–H and O–H groups in total. The van der Waals surface area contributed by atoms with Gasteiger partial charge in [-0.3, -0.25) is 4.79 Å². The first-order valence-corrected chi connectivity index (χ1v) is 5.67. The number of carbonyl (C=O) groups excluding carboxylic acids is 1. The van der Waals surface area contributed by atoms with E-state index in [1.807, 2.05) is 0 Å². The van der Waals surface area contributed by atoms with E-state index in [0.717, 1.165) is 12.1 Å². The molecule has 2 aromatic rings. The van der Waals surface area contributed by atoms with Crippen LogP contribution >= 0.6 is 0 Å². The summed E-state index contributed by atoms with van der Waals surface area (Å²) in [6.45, 7) is 0. The van der Waals surface area contributed by atoms with E-state index in [1.165, 1.54) is 12.1 Å². The molecule has 0 aliphatic heterocycles. The Hall–Kier alpha value is -2.83. The molecular formula is C14H8F3NO3. The van der Waals surface area contributed by atoms with Gasteiger partial charge in [-0.1, -0.05) is 6.07 Å². The summed E-state index contributed by atoms with van der Waals surface area (Å²) in [5.41, 5.74) is -1.20. The van der Waals surface area contributed by atoms with Crippen LogP contribution in [0.4, 0.5) is 18.9 Å². The number of aromatic carboxylic acids is 1. The van der Waals surface area contributed by atoms with Gasteiger partial charge in [0.1, 0.15) is 5.82 Å². The lowest BCUT2D eigenvalue weighted by Crippen LogP contribution is -2.17. The minimum absolute atomic E-state index is 0.0565. The van der Waals surface area contributed by atoms with Gasteiger partial charge in [0, 0.05) is 5.69 Å². The van der Waals surface area contributed by atoms with Crippen LogP contribution in [0.25, 0.3) is 0 Å². The zero-order chi connectivity index (χ0) is 15.6. The van der Waals surface area contributed by atoms with Gasteiger partial charge in [0.2, 0.25) is 0 Å². The smallest absolute Gasteiger partial charge is 0.336 e. The average molecular weight is 295 g/mol. The number of carboxylic acid groups (broad SMARTS) is 1. The SMILES string of the molecule is O=C(O)c1cc(F)c(F)cc1C(=O)Nc1cccc(F)c1. The summed E-state index contributed by atoms with van der Waals surface area (Å²) in [5.74, 6) is -5.93. The third-order valence-corrected chi connectivity index (χ3v) is 2.62. The molecule has 0 radical (unpaired) electrons. The molecule has 0 saturated carbocycles. The van der Waals surface area contributed by atoms with E-state index in [1.54, 1.807) is 0 Å². The molecule has 0 spiro atoms. The van der Waals surface area contributed by atoms with Crippen LogP contribution < -0.4 is 5.32 Å². The van der Waals surface area contributed by atoms with Crippen molar-refractivity contribution < 1.29 is 27.9 Å². The number of hydrogen-bond acceptors (Lipinski definition) is 2. The van der Waals surface area contributed by atoms with Crippen molar-refractivity contribution in [3.8, 4) is 0 Å². The Balaban J connectivity index is 2.39. The van der Waals surface area contributed by atoms with Crippen LogP contribution in [0.5, 0.6) is 0 Å². The molecule has 0 saturated heterocycles. The van der Waals surface area contributed by atoms with Gasteiger partial charge in [-0.25, -0.2) is 18.0 Å². The number of rotatable bonds is 3. The largest absolute Gasteiger partial charge is 0.478 e. The van der Waals surface area contributed by atoms with Crippen LogP contribution in [0.3, 0.4) is 0 Å². The molecule has 0 bridgehead atoms. The summed E-state index contributed by atoms with van der Waals surface area (Å²) in [7, 11) is 0. The fourth-order valence-electron chi connectivity index (χ4n) is 1.68. The molecule has 0 aliphatic carbocycles. The van der Waals surface area contributed by atoms with E-state index in [2.05, 4.69) is 5.32 Å². The first-order valence-electron chi connectivity index (χ1n) is 5.67. The van der Waals surface area contributed by atoms with E-state index >= 15 is 0 Å². The van der Waals surface area contributed by atoms with Crippen LogP contribution in [0.1, 0.15) is 20.7 Å². The van der Waals surface area contributed by atoms with Crippen molar-refractivity contribution in [1.29, 1.82) is 0 Å². The van der Waals surface area contributed by atoms with Crippen molar-refractivity contribution in [2.75, 3.05) is 5.32 Å². The number of anilines is 1. The van der Waals surface area contributed by atoms with E-state index in [-0.39, 0.29) is 5.69 Å². The van der Waals surface area contributed by atoms with Crippen molar-refractivity contribution in [2.24, 2.45) is 0 Å². The summed E-state index contributed by atoms with van der Waals surface area (Å²) < 4.78 is 39.2. The number of benzene rings is 2. The van der Waals surface area contributed by atoms with Crippen LogP contribution in [-0.2, 0) is 0 Å². The van der Waals surface area contributed by atoms with E-state index in [9.17, 15) is 22.8 Å². The molecule has 0 atom stereocenters. The molecule has 0 fully saturated rings. The predicted octanol–water partition coefficient (Wildman–Crippen LogP) is 3.05. The fourth-order valence-corrected chi connectivity index (χ4v) is 1.68. The molecule has 2 rings (SSSR count). The van der Waals surface area contributed by atoms with E-state index in [4.69, 9.17) is 5.11 Å². The zero-order valence-corrected chi connectivity index (χ0v) is 10.4. The Labute approximate surface area is 116 Å². The van der Waals surface area contributed by atoms with Gasteiger partial charge in [-0.05, 0) is 30.3 Å². The first-order chi connectivity index (χ1) is 9.88. The number of halogens is 3. The molecule has 2 aromatic carbocycles. The Morgan fingerprint density at radius 3 is 2.14 bits per heavy atom. The monoisotopic (exact) mass is 295 g/mol. The van der Waals surface area contributed by atoms with Gasteiger partial charge in [0.25, 0.3) is 5.91 Å². The molecule has 0 aromatic heterocycles. The van der Waals surface area contributed by atoms with Crippen LogP contribution in [-0.4, -0.2) is 17.0 Å². The second kappa shape index (κ2) is 5.66. The number of nitrogens with one attached hydrogen (secondary N) is 1. The zero-order valence-electron chi connectivity index (χ0n) is 10.4. The molecule has 4 nitrogen and oxygen atoms in total.